The molecule has 0 aliphatic carbocycles. The molecule has 3 rings (SSSR count). The van der Waals surface area contributed by atoms with Crippen LogP contribution in [0.5, 0.6) is 5.75 Å². The predicted molar refractivity (Wildman–Crippen MR) is 126 cm³/mol. The molecule has 1 fully saturated rings. The second kappa shape index (κ2) is 11.3. The third kappa shape index (κ3) is 6.19. The van der Waals surface area contributed by atoms with E-state index in [9.17, 15) is 0 Å². The number of thiazole rings is 1. The van der Waals surface area contributed by atoms with Gasteiger partial charge in [0.1, 0.15) is 5.75 Å². The number of rotatable bonds is 8. The summed E-state index contributed by atoms with van der Waals surface area (Å²) in [5.41, 5.74) is 2.49. The van der Waals surface area contributed by atoms with E-state index in [1.807, 2.05) is 6.92 Å². The van der Waals surface area contributed by atoms with Crippen LogP contribution in [0.15, 0.2) is 34.6 Å². The molecule has 2 N–H and O–H groups in total. The van der Waals surface area contributed by atoms with Gasteiger partial charge in [-0.05, 0) is 63.9 Å². The van der Waals surface area contributed by atoms with Crippen LogP contribution in [0.4, 0.5) is 0 Å². The molecular formula is C23H35N5OS. The van der Waals surface area contributed by atoms with E-state index in [2.05, 4.69) is 64.1 Å². The van der Waals surface area contributed by atoms with Crippen LogP contribution in [0.1, 0.15) is 42.1 Å². The zero-order valence-electron chi connectivity index (χ0n) is 18.6. The number of nitrogens with zero attached hydrogens (tertiary/aromatic N) is 3. The third-order valence-electron chi connectivity index (χ3n) is 5.63. The summed E-state index contributed by atoms with van der Waals surface area (Å²) in [6.07, 6.45) is 3.33. The van der Waals surface area contributed by atoms with Crippen molar-refractivity contribution in [3.8, 4) is 5.75 Å². The topological polar surface area (TPSA) is 61.8 Å². The number of nitrogens with one attached hydrogen (secondary N) is 2. The van der Waals surface area contributed by atoms with E-state index in [4.69, 9.17) is 9.73 Å². The van der Waals surface area contributed by atoms with Crippen molar-refractivity contribution in [2.45, 2.75) is 39.2 Å². The van der Waals surface area contributed by atoms with Crippen LogP contribution in [0.2, 0.25) is 0 Å². The average Bonchev–Trinajstić information content (AvgIpc) is 3.17. The molecule has 2 atom stereocenters. The Hall–Kier alpha value is -2.12. The molecule has 2 heterocycles. The number of piperidine rings is 1. The molecule has 30 heavy (non-hydrogen) atoms. The minimum Gasteiger partial charge on any atom is -0.497 e. The summed E-state index contributed by atoms with van der Waals surface area (Å²) in [6.45, 7) is 7.78. The van der Waals surface area contributed by atoms with Crippen LogP contribution in [0.25, 0.3) is 0 Å². The van der Waals surface area contributed by atoms with Gasteiger partial charge < -0.3 is 15.4 Å². The lowest BCUT2D eigenvalue weighted by Gasteiger charge is -2.39. The molecule has 2 aromatic rings. The summed E-state index contributed by atoms with van der Waals surface area (Å²) in [5, 5.41) is 10.1. The molecular weight excluding hydrogens is 394 g/mol. The Balaban J connectivity index is 1.63. The summed E-state index contributed by atoms with van der Waals surface area (Å²) in [4.78, 5) is 12.0. The second-order valence-electron chi connectivity index (χ2n) is 7.86. The zero-order valence-corrected chi connectivity index (χ0v) is 19.5. The smallest absolute Gasteiger partial charge is 0.191 e. The highest BCUT2D eigenvalue weighted by molar-refractivity contribution is 7.09. The number of ether oxygens (including phenoxy) is 1. The second-order valence-corrected chi connectivity index (χ2v) is 8.92. The van der Waals surface area contributed by atoms with Gasteiger partial charge in [-0.25, -0.2) is 4.98 Å². The fourth-order valence-electron chi connectivity index (χ4n) is 4.16. The molecule has 0 bridgehead atoms. The van der Waals surface area contributed by atoms with Crippen molar-refractivity contribution < 1.29 is 4.74 Å². The highest BCUT2D eigenvalue weighted by Gasteiger charge is 2.30. The first kappa shape index (κ1) is 22.6. The lowest BCUT2D eigenvalue weighted by Crippen LogP contribution is -2.40. The monoisotopic (exact) mass is 429 g/mol. The Morgan fingerprint density at radius 1 is 1.30 bits per heavy atom. The summed E-state index contributed by atoms with van der Waals surface area (Å²) in [5.74, 6) is 2.29. The summed E-state index contributed by atoms with van der Waals surface area (Å²) in [6, 6.07) is 8.89. The van der Waals surface area contributed by atoms with E-state index in [1.54, 1.807) is 18.4 Å². The van der Waals surface area contributed by atoms with Crippen molar-refractivity contribution in [3.63, 3.8) is 0 Å². The lowest BCUT2D eigenvalue weighted by molar-refractivity contribution is 0.125. The van der Waals surface area contributed by atoms with Gasteiger partial charge in [0.25, 0.3) is 0 Å². The van der Waals surface area contributed by atoms with Gasteiger partial charge in [0.05, 0.1) is 17.8 Å². The van der Waals surface area contributed by atoms with Gasteiger partial charge in [0.2, 0.25) is 0 Å². The first-order chi connectivity index (χ1) is 14.6. The summed E-state index contributed by atoms with van der Waals surface area (Å²) < 4.78 is 5.33. The van der Waals surface area contributed by atoms with Gasteiger partial charge >= 0.3 is 0 Å². The maximum Gasteiger partial charge on any atom is 0.191 e. The largest absolute Gasteiger partial charge is 0.497 e. The Kier molecular flexibility index (Phi) is 8.51. The minimum absolute atomic E-state index is 0.384. The molecule has 0 amide bonds. The molecule has 1 aliphatic heterocycles. The van der Waals surface area contributed by atoms with Crippen LogP contribution in [-0.4, -0.2) is 56.2 Å². The van der Waals surface area contributed by atoms with E-state index in [-0.39, 0.29) is 0 Å². The fraction of sp³-hybridized carbons (Fsp3) is 0.565. The normalized spacial score (nSPS) is 20.2. The number of aromatic nitrogens is 1. The van der Waals surface area contributed by atoms with Crippen molar-refractivity contribution >= 4 is 17.3 Å². The number of hydrogen-bond acceptors (Lipinski definition) is 5. The number of hydrogen-bond donors (Lipinski definition) is 2. The van der Waals surface area contributed by atoms with Gasteiger partial charge in [0.15, 0.2) is 5.96 Å². The molecule has 1 aromatic heterocycles. The fourth-order valence-corrected chi connectivity index (χ4v) is 4.81. The van der Waals surface area contributed by atoms with Crippen molar-refractivity contribution in [1.29, 1.82) is 0 Å². The standard InChI is InChI=1S/C23H35N5OS/c1-5-24-23(25-13-12-20-16-30-17(2)27-20)26-15-19-7-6-14-28(3)22(19)18-8-10-21(29-4)11-9-18/h8-11,16,19,22H,5-7,12-15H2,1-4H3,(H2,24,25,26). The molecule has 2 unspecified atom stereocenters. The molecule has 6 nitrogen and oxygen atoms in total. The van der Waals surface area contributed by atoms with Crippen LogP contribution in [0.3, 0.4) is 0 Å². The first-order valence-electron chi connectivity index (χ1n) is 10.9. The number of benzene rings is 1. The average molecular weight is 430 g/mol. The highest BCUT2D eigenvalue weighted by atomic mass is 32.1. The Morgan fingerprint density at radius 2 is 2.10 bits per heavy atom. The maximum atomic E-state index is 5.33. The van der Waals surface area contributed by atoms with Crippen molar-refractivity contribution in [2.24, 2.45) is 10.9 Å². The number of likely N-dealkylation sites (tertiary alicyclic amines) is 1. The Morgan fingerprint density at radius 3 is 2.77 bits per heavy atom. The molecule has 0 spiro atoms. The van der Waals surface area contributed by atoms with Gasteiger partial charge in [-0.3, -0.25) is 9.89 Å². The van der Waals surface area contributed by atoms with E-state index in [0.29, 0.717) is 12.0 Å². The van der Waals surface area contributed by atoms with Crippen molar-refractivity contribution in [2.75, 3.05) is 40.3 Å². The van der Waals surface area contributed by atoms with E-state index >= 15 is 0 Å². The molecule has 1 aliphatic rings. The van der Waals surface area contributed by atoms with Crippen LogP contribution in [-0.2, 0) is 6.42 Å². The molecule has 0 radical (unpaired) electrons. The molecule has 7 heteroatoms. The zero-order chi connectivity index (χ0) is 21.3. The highest BCUT2D eigenvalue weighted by Crippen LogP contribution is 2.35. The maximum absolute atomic E-state index is 5.33. The van der Waals surface area contributed by atoms with E-state index in [1.165, 1.54) is 18.4 Å². The molecule has 1 aromatic carbocycles. The van der Waals surface area contributed by atoms with Crippen LogP contribution in [0, 0.1) is 12.8 Å². The molecule has 164 valence electrons. The number of aryl methyl sites for hydroxylation is 1. The quantitative estimate of drug-likeness (QED) is 0.496. The predicted octanol–water partition coefficient (Wildman–Crippen LogP) is 3.64. The number of guanidine groups is 1. The third-order valence-corrected chi connectivity index (χ3v) is 6.46. The molecule has 1 saturated heterocycles. The Labute approximate surface area is 184 Å². The number of aliphatic imine (C=N–C) groups is 1. The Bertz CT molecular complexity index is 804. The minimum atomic E-state index is 0.384. The molecule has 0 saturated carbocycles. The van der Waals surface area contributed by atoms with Gasteiger partial charge in [-0.1, -0.05) is 12.1 Å². The van der Waals surface area contributed by atoms with Crippen molar-refractivity contribution in [1.82, 2.24) is 20.5 Å². The van der Waals surface area contributed by atoms with E-state index < -0.39 is 0 Å². The van der Waals surface area contributed by atoms with E-state index in [0.717, 1.165) is 55.0 Å². The first-order valence-corrected chi connectivity index (χ1v) is 11.8. The van der Waals surface area contributed by atoms with Gasteiger partial charge in [-0.15, -0.1) is 11.3 Å². The summed E-state index contributed by atoms with van der Waals surface area (Å²) >= 11 is 1.71. The van der Waals surface area contributed by atoms with Crippen molar-refractivity contribution in [3.05, 3.63) is 45.9 Å². The SMILES string of the molecule is CCNC(=NCC1CCCN(C)C1c1ccc(OC)cc1)NCCc1csc(C)n1. The number of methoxy groups -OCH3 is 1. The lowest BCUT2D eigenvalue weighted by atomic mass is 9.85. The van der Waals surface area contributed by atoms with Gasteiger partial charge in [-0.2, -0.15) is 0 Å². The van der Waals surface area contributed by atoms with Crippen LogP contribution >= 0.6 is 11.3 Å². The van der Waals surface area contributed by atoms with Crippen LogP contribution < -0.4 is 15.4 Å². The van der Waals surface area contributed by atoms with Gasteiger partial charge in [0, 0.05) is 37.5 Å². The summed E-state index contributed by atoms with van der Waals surface area (Å²) in [7, 11) is 3.94.